The van der Waals surface area contributed by atoms with E-state index in [9.17, 15) is 9.59 Å². The average Bonchev–Trinajstić information content (AvgIpc) is 2.71. The molecule has 0 aliphatic rings. The summed E-state index contributed by atoms with van der Waals surface area (Å²) >= 11 is 0. The Hall–Kier alpha value is -2.69. The molecule has 2 rings (SSSR count). The molecule has 5 nitrogen and oxygen atoms in total. The van der Waals surface area contributed by atoms with E-state index in [1.165, 1.54) is 5.56 Å². The normalized spacial score (nSPS) is 10.7. The van der Waals surface area contributed by atoms with E-state index in [0.29, 0.717) is 23.8 Å². The molecule has 1 aromatic heterocycles. The quantitative estimate of drug-likeness (QED) is 0.374. The maximum Gasteiger partial charge on any atom is 0.338 e. The number of pyridine rings is 1. The SMILES string of the molecule is CCCCOC(=O)c1ccc(NC(=O)C[n+]2ccc(C(CC)CC)cc2)cc1. The van der Waals surface area contributed by atoms with Gasteiger partial charge in [-0.1, -0.05) is 27.2 Å². The second kappa shape index (κ2) is 11.2. The van der Waals surface area contributed by atoms with Crippen LogP contribution in [0.5, 0.6) is 0 Å². The van der Waals surface area contributed by atoms with Gasteiger partial charge in [0.25, 0.3) is 5.91 Å². The van der Waals surface area contributed by atoms with Gasteiger partial charge >= 0.3 is 5.97 Å². The summed E-state index contributed by atoms with van der Waals surface area (Å²) in [5.74, 6) is 0.119. The summed E-state index contributed by atoms with van der Waals surface area (Å²) in [7, 11) is 0. The highest BCUT2D eigenvalue weighted by atomic mass is 16.5. The number of hydrogen-bond acceptors (Lipinski definition) is 3. The molecule has 150 valence electrons. The first-order valence-electron chi connectivity index (χ1n) is 10.1. The first-order valence-corrected chi connectivity index (χ1v) is 10.1. The second-order valence-corrected chi connectivity index (χ2v) is 6.93. The molecular weight excluding hydrogens is 352 g/mol. The zero-order valence-corrected chi connectivity index (χ0v) is 17.1. The van der Waals surface area contributed by atoms with Crippen molar-refractivity contribution in [2.75, 3.05) is 11.9 Å². The number of carbonyl (C=O) groups is 2. The van der Waals surface area contributed by atoms with Crippen LogP contribution in [0.25, 0.3) is 0 Å². The van der Waals surface area contributed by atoms with Crippen molar-refractivity contribution in [3.8, 4) is 0 Å². The summed E-state index contributed by atoms with van der Waals surface area (Å²) in [5, 5.41) is 2.86. The molecular formula is C23H31N2O3+. The Morgan fingerprint density at radius 1 is 1.00 bits per heavy atom. The summed E-state index contributed by atoms with van der Waals surface area (Å²) in [6, 6.07) is 10.9. The number of nitrogens with one attached hydrogen (secondary N) is 1. The molecule has 0 aliphatic carbocycles. The largest absolute Gasteiger partial charge is 0.462 e. The Kier molecular flexibility index (Phi) is 8.66. The molecule has 1 N–H and O–H groups in total. The van der Waals surface area contributed by atoms with Crippen molar-refractivity contribution >= 4 is 17.6 Å². The van der Waals surface area contributed by atoms with Crippen LogP contribution in [0.1, 0.15) is 68.3 Å². The van der Waals surface area contributed by atoms with Crippen molar-refractivity contribution in [3.05, 3.63) is 59.9 Å². The van der Waals surface area contributed by atoms with Crippen molar-refractivity contribution in [2.45, 2.75) is 58.9 Å². The first kappa shape index (κ1) is 21.6. The summed E-state index contributed by atoms with van der Waals surface area (Å²) in [6.45, 7) is 7.11. The lowest BCUT2D eigenvalue weighted by Gasteiger charge is -2.11. The van der Waals surface area contributed by atoms with Gasteiger partial charge < -0.3 is 10.1 Å². The number of aromatic nitrogens is 1. The van der Waals surface area contributed by atoms with Gasteiger partial charge in [-0.2, -0.15) is 4.57 Å². The van der Waals surface area contributed by atoms with Crippen molar-refractivity contribution in [1.29, 1.82) is 0 Å². The standard InChI is InChI=1S/C23H30N2O3/c1-4-7-16-28-23(27)20-8-10-21(11-9-20)24-22(26)17-25-14-12-19(13-15-25)18(5-2)6-3/h8-15,18H,4-7,16-17H2,1-3H3/p+1. The topological polar surface area (TPSA) is 59.3 Å². The lowest BCUT2D eigenvalue weighted by atomic mass is 9.95. The molecule has 0 fully saturated rings. The van der Waals surface area contributed by atoms with Gasteiger partial charge in [0.1, 0.15) is 0 Å². The number of esters is 1. The van der Waals surface area contributed by atoms with E-state index in [4.69, 9.17) is 4.74 Å². The molecule has 0 radical (unpaired) electrons. The predicted molar refractivity (Wildman–Crippen MR) is 110 cm³/mol. The van der Waals surface area contributed by atoms with Crippen molar-refractivity contribution < 1.29 is 18.9 Å². The minimum Gasteiger partial charge on any atom is -0.462 e. The minimum absolute atomic E-state index is 0.112. The van der Waals surface area contributed by atoms with Crippen LogP contribution < -0.4 is 9.88 Å². The number of amides is 1. The lowest BCUT2D eigenvalue weighted by Crippen LogP contribution is -2.39. The molecule has 0 unspecified atom stereocenters. The number of ether oxygens (including phenoxy) is 1. The number of rotatable bonds is 10. The van der Waals surface area contributed by atoms with E-state index >= 15 is 0 Å². The van der Waals surface area contributed by atoms with Gasteiger partial charge in [0.05, 0.1) is 12.2 Å². The average molecular weight is 384 g/mol. The zero-order chi connectivity index (χ0) is 20.4. The van der Waals surface area contributed by atoms with Gasteiger partial charge in [-0.3, -0.25) is 4.79 Å². The van der Waals surface area contributed by atoms with E-state index in [-0.39, 0.29) is 18.4 Å². The molecule has 0 saturated heterocycles. The zero-order valence-electron chi connectivity index (χ0n) is 17.1. The molecule has 1 heterocycles. The van der Waals surface area contributed by atoms with Crippen molar-refractivity contribution in [2.24, 2.45) is 0 Å². The molecule has 0 aliphatic heterocycles. The maximum atomic E-state index is 12.3. The van der Waals surface area contributed by atoms with Gasteiger partial charge in [-0.05, 0) is 55.0 Å². The molecule has 0 spiro atoms. The number of carbonyl (C=O) groups excluding carboxylic acids is 2. The smallest absolute Gasteiger partial charge is 0.338 e. The Labute approximate surface area is 167 Å². The van der Waals surface area contributed by atoms with Gasteiger partial charge in [-0.15, -0.1) is 0 Å². The van der Waals surface area contributed by atoms with Gasteiger partial charge in [-0.25, -0.2) is 4.79 Å². The molecule has 0 saturated carbocycles. The van der Waals surface area contributed by atoms with Crippen molar-refractivity contribution in [1.82, 2.24) is 0 Å². The molecule has 1 amide bonds. The van der Waals surface area contributed by atoms with Crippen LogP contribution in [0.4, 0.5) is 5.69 Å². The third-order valence-electron chi connectivity index (χ3n) is 4.84. The minimum atomic E-state index is -0.334. The monoisotopic (exact) mass is 383 g/mol. The molecule has 2 aromatic rings. The highest BCUT2D eigenvalue weighted by Crippen LogP contribution is 2.21. The van der Waals surface area contributed by atoms with Crippen LogP contribution >= 0.6 is 0 Å². The highest BCUT2D eigenvalue weighted by molar-refractivity contribution is 5.92. The van der Waals surface area contributed by atoms with Crippen LogP contribution in [0, 0.1) is 0 Å². The van der Waals surface area contributed by atoms with Crippen LogP contribution in [0.3, 0.4) is 0 Å². The summed E-state index contributed by atoms with van der Waals surface area (Å²) in [6.07, 6.45) is 7.96. The Morgan fingerprint density at radius 2 is 1.64 bits per heavy atom. The second-order valence-electron chi connectivity index (χ2n) is 6.93. The third kappa shape index (κ3) is 6.48. The fourth-order valence-electron chi connectivity index (χ4n) is 3.06. The fraction of sp³-hybridized carbons (Fsp3) is 0.435. The molecule has 0 atom stereocenters. The maximum absolute atomic E-state index is 12.3. The van der Waals surface area contributed by atoms with Crippen molar-refractivity contribution in [3.63, 3.8) is 0 Å². The lowest BCUT2D eigenvalue weighted by molar-refractivity contribution is -0.684. The van der Waals surface area contributed by atoms with E-state index < -0.39 is 0 Å². The summed E-state index contributed by atoms with van der Waals surface area (Å²) in [4.78, 5) is 24.2. The fourth-order valence-corrected chi connectivity index (χ4v) is 3.06. The number of anilines is 1. The first-order chi connectivity index (χ1) is 13.6. The van der Waals surface area contributed by atoms with E-state index in [1.807, 2.05) is 23.9 Å². The Morgan fingerprint density at radius 3 is 2.21 bits per heavy atom. The van der Waals surface area contributed by atoms with Crippen LogP contribution in [0.2, 0.25) is 0 Å². The molecule has 0 bridgehead atoms. The number of nitrogens with zero attached hydrogens (tertiary/aromatic N) is 1. The van der Waals surface area contributed by atoms with Gasteiger partial charge in [0.15, 0.2) is 12.4 Å². The third-order valence-corrected chi connectivity index (χ3v) is 4.84. The molecule has 1 aromatic carbocycles. The van der Waals surface area contributed by atoms with E-state index in [2.05, 4.69) is 31.3 Å². The molecule has 5 heteroatoms. The number of hydrogen-bond donors (Lipinski definition) is 1. The number of benzene rings is 1. The summed E-state index contributed by atoms with van der Waals surface area (Å²) in [5.41, 5.74) is 2.45. The number of unbranched alkanes of at least 4 members (excludes halogenated alkanes) is 1. The van der Waals surface area contributed by atoms with Gasteiger partial charge in [0, 0.05) is 17.8 Å². The summed E-state index contributed by atoms with van der Waals surface area (Å²) < 4.78 is 7.04. The Bertz CT molecular complexity index is 750. The van der Waals surface area contributed by atoms with Crippen LogP contribution in [-0.2, 0) is 16.1 Å². The van der Waals surface area contributed by atoms with Crippen LogP contribution in [-0.4, -0.2) is 18.5 Å². The Balaban J connectivity index is 1.88. The predicted octanol–water partition coefficient (Wildman–Crippen LogP) is 4.47. The van der Waals surface area contributed by atoms with E-state index in [0.717, 1.165) is 25.7 Å². The van der Waals surface area contributed by atoms with Gasteiger partial charge in [0.2, 0.25) is 6.54 Å². The van der Waals surface area contributed by atoms with Crippen LogP contribution in [0.15, 0.2) is 48.8 Å². The molecule has 28 heavy (non-hydrogen) atoms. The highest BCUT2D eigenvalue weighted by Gasteiger charge is 2.13. The van der Waals surface area contributed by atoms with E-state index in [1.54, 1.807) is 24.3 Å².